The Hall–Kier alpha value is -0.870. The van der Waals surface area contributed by atoms with Gasteiger partial charge in [0.2, 0.25) is 0 Å². The van der Waals surface area contributed by atoms with Gasteiger partial charge in [-0.2, -0.15) is 0 Å². The van der Waals surface area contributed by atoms with Crippen molar-refractivity contribution in [3.63, 3.8) is 0 Å². The van der Waals surface area contributed by atoms with Gasteiger partial charge in [0.25, 0.3) is 0 Å². The van der Waals surface area contributed by atoms with Crippen molar-refractivity contribution in [3.8, 4) is 0 Å². The zero-order valence-electron chi connectivity index (χ0n) is 9.39. The number of carbonyl (C=O) groups excluding carboxylic acids is 1. The zero-order valence-corrected chi connectivity index (χ0v) is 11.0. The molecule has 1 aliphatic rings. The molecular formula is C12H13ClO3S. The predicted molar refractivity (Wildman–Crippen MR) is 66.4 cm³/mol. The molecule has 2 unspecified atom stereocenters. The molecule has 1 fully saturated rings. The van der Waals surface area contributed by atoms with Crippen molar-refractivity contribution in [1.29, 1.82) is 0 Å². The Morgan fingerprint density at radius 1 is 1.53 bits per heavy atom. The van der Waals surface area contributed by atoms with Gasteiger partial charge in [-0.25, -0.2) is 0 Å². The smallest absolute Gasteiger partial charge is 0.322 e. The van der Waals surface area contributed by atoms with Crippen LogP contribution < -0.4 is 0 Å². The second kappa shape index (κ2) is 5.19. The summed E-state index contributed by atoms with van der Waals surface area (Å²) in [6.07, 6.45) is 1.87. The van der Waals surface area contributed by atoms with E-state index in [1.165, 1.54) is 7.11 Å². The number of hydrogen-bond acceptors (Lipinski definition) is 3. The topological polar surface area (TPSA) is 43.4 Å². The van der Waals surface area contributed by atoms with Gasteiger partial charge >= 0.3 is 5.97 Å². The van der Waals surface area contributed by atoms with E-state index in [2.05, 4.69) is 0 Å². The van der Waals surface area contributed by atoms with Gasteiger partial charge in [0.05, 0.1) is 17.9 Å². The number of carbonyl (C=O) groups is 1. The van der Waals surface area contributed by atoms with Crippen molar-refractivity contribution < 1.29 is 13.7 Å². The minimum absolute atomic E-state index is 0.183. The number of methoxy groups -OCH3 is 1. The predicted octanol–water partition coefficient (Wildman–Crippen LogP) is 2.40. The van der Waals surface area contributed by atoms with Gasteiger partial charge in [-0.15, -0.1) is 0 Å². The molecule has 92 valence electrons. The number of benzene rings is 1. The molecule has 2 rings (SSSR count). The van der Waals surface area contributed by atoms with Gasteiger partial charge in [0, 0.05) is 9.92 Å². The fraction of sp³-hybridized carbons (Fsp3) is 0.417. The number of ether oxygens (including phenoxy) is 1. The molecule has 0 spiro atoms. The molecule has 0 amide bonds. The van der Waals surface area contributed by atoms with Crippen molar-refractivity contribution in [1.82, 2.24) is 0 Å². The first-order valence-electron chi connectivity index (χ1n) is 5.37. The summed E-state index contributed by atoms with van der Waals surface area (Å²) in [6.45, 7) is 0. The van der Waals surface area contributed by atoms with Gasteiger partial charge in [-0.05, 0) is 37.0 Å². The molecule has 5 heteroatoms. The summed E-state index contributed by atoms with van der Waals surface area (Å²) in [5, 5.41) is -0.0336. The van der Waals surface area contributed by atoms with Crippen LogP contribution in [0.2, 0.25) is 5.02 Å². The maximum atomic E-state index is 12.3. The van der Waals surface area contributed by atoms with E-state index in [0.29, 0.717) is 9.92 Å². The van der Waals surface area contributed by atoms with Gasteiger partial charge in [0.1, 0.15) is 5.25 Å². The summed E-state index contributed by atoms with van der Waals surface area (Å²) in [5.74, 6) is -0.215. The second-order valence-corrected chi connectivity index (χ2v) is 6.05. The molecule has 2 atom stereocenters. The first-order valence-corrected chi connectivity index (χ1v) is 6.96. The highest BCUT2D eigenvalue weighted by Crippen LogP contribution is 2.37. The second-order valence-electron chi connectivity index (χ2n) is 4.04. The quantitative estimate of drug-likeness (QED) is 0.791. The summed E-state index contributed by atoms with van der Waals surface area (Å²) < 4.78 is 17.1. The fourth-order valence-corrected chi connectivity index (χ4v) is 3.61. The summed E-state index contributed by atoms with van der Waals surface area (Å²) >= 11 is 5.85. The molecule has 0 heterocycles. The minimum atomic E-state index is -1.39. The lowest BCUT2D eigenvalue weighted by atomic mass is 10.3. The molecule has 0 radical (unpaired) electrons. The number of halogens is 1. The lowest BCUT2D eigenvalue weighted by molar-refractivity contribution is -0.140. The molecule has 17 heavy (non-hydrogen) atoms. The van der Waals surface area contributed by atoms with Crippen LogP contribution in [0.1, 0.15) is 12.8 Å². The van der Waals surface area contributed by atoms with E-state index in [1.807, 2.05) is 0 Å². The third kappa shape index (κ3) is 2.87. The van der Waals surface area contributed by atoms with E-state index in [-0.39, 0.29) is 5.92 Å². The Morgan fingerprint density at radius 2 is 2.24 bits per heavy atom. The van der Waals surface area contributed by atoms with Crippen molar-refractivity contribution in [3.05, 3.63) is 29.3 Å². The third-order valence-electron chi connectivity index (χ3n) is 2.74. The van der Waals surface area contributed by atoms with E-state index < -0.39 is 22.0 Å². The van der Waals surface area contributed by atoms with E-state index >= 15 is 0 Å². The number of esters is 1. The van der Waals surface area contributed by atoms with Crippen LogP contribution in [0.5, 0.6) is 0 Å². The van der Waals surface area contributed by atoms with E-state index in [9.17, 15) is 9.00 Å². The summed E-state index contributed by atoms with van der Waals surface area (Å²) in [5.41, 5.74) is 0. The Bertz CT molecular complexity index is 457. The molecule has 1 aromatic rings. The maximum absolute atomic E-state index is 12.3. The third-order valence-corrected chi connectivity index (χ3v) is 4.73. The molecule has 0 aromatic heterocycles. The molecule has 0 saturated heterocycles. The highest BCUT2D eigenvalue weighted by Gasteiger charge is 2.41. The first-order chi connectivity index (χ1) is 8.13. The highest BCUT2D eigenvalue weighted by molar-refractivity contribution is 7.86. The number of hydrogen-bond donors (Lipinski definition) is 0. The van der Waals surface area contributed by atoms with E-state index in [4.69, 9.17) is 16.3 Å². The molecule has 0 aliphatic heterocycles. The molecular weight excluding hydrogens is 260 g/mol. The van der Waals surface area contributed by atoms with Crippen LogP contribution in [0.4, 0.5) is 0 Å². The Balaban J connectivity index is 2.24. The molecule has 1 aliphatic carbocycles. The number of rotatable bonds is 4. The SMILES string of the molecule is COC(=O)C(C1CC1)S(=O)c1cccc(Cl)c1. The van der Waals surface area contributed by atoms with Crippen LogP contribution in [0.15, 0.2) is 29.2 Å². The largest absolute Gasteiger partial charge is 0.468 e. The van der Waals surface area contributed by atoms with Crippen molar-refractivity contribution in [2.24, 2.45) is 5.92 Å². The van der Waals surface area contributed by atoms with Crippen molar-refractivity contribution >= 4 is 28.4 Å². The van der Waals surface area contributed by atoms with E-state index in [0.717, 1.165) is 12.8 Å². The molecule has 0 N–H and O–H groups in total. The van der Waals surface area contributed by atoms with Crippen LogP contribution >= 0.6 is 11.6 Å². The lowest BCUT2D eigenvalue weighted by Crippen LogP contribution is -2.29. The van der Waals surface area contributed by atoms with Gasteiger partial charge in [0.15, 0.2) is 0 Å². The van der Waals surface area contributed by atoms with E-state index in [1.54, 1.807) is 24.3 Å². The van der Waals surface area contributed by atoms with Gasteiger partial charge < -0.3 is 4.74 Å². The van der Waals surface area contributed by atoms with Crippen LogP contribution in [0, 0.1) is 5.92 Å². The molecule has 3 nitrogen and oxygen atoms in total. The fourth-order valence-electron chi connectivity index (χ4n) is 1.71. The monoisotopic (exact) mass is 272 g/mol. The Labute approximate surface area is 108 Å². The maximum Gasteiger partial charge on any atom is 0.322 e. The van der Waals surface area contributed by atoms with Crippen molar-refractivity contribution in [2.75, 3.05) is 7.11 Å². The van der Waals surface area contributed by atoms with Crippen LogP contribution in [0.3, 0.4) is 0 Å². The van der Waals surface area contributed by atoms with Gasteiger partial charge in [-0.3, -0.25) is 9.00 Å². The van der Waals surface area contributed by atoms with Crippen LogP contribution in [-0.2, 0) is 20.3 Å². The molecule has 1 saturated carbocycles. The van der Waals surface area contributed by atoms with Crippen molar-refractivity contribution in [2.45, 2.75) is 23.0 Å². The average Bonchev–Trinajstić information content (AvgIpc) is 3.13. The summed E-state index contributed by atoms with van der Waals surface area (Å²) in [6, 6.07) is 6.81. The highest BCUT2D eigenvalue weighted by atomic mass is 35.5. The summed E-state index contributed by atoms with van der Waals surface area (Å²) in [7, 11) is -0.0618. The standard InChI is InChI=1S/C12H13ClO3S/c1-16-12(14)11(8-5-6-8)17(15)10-4-2-3-9(13)7-10/h2-4,7-8,11H,5-6H2,1H3. The minimum Gasteiger partial charge on any atom is -0.468 e. The first kappa shape index (κ1) is 12.6. The zero-order chi connectivity index (χ0) is 12.4. The normalized spacial score (nSPS) is 18.5. The average molecular weight is 273 g/mol. The summed E-state index contributed by atoms with van der Waals surface area (Å²) in [4.78, 5) is 12.2. The molecule has 0 bridgehead atoms. The van der Waals surface area contributed by atoms with Gasteiger partial charge in [-0.1, -0.05) is 17.7 Å². The van der Waals surface area contributed by atoms with Crippen LogP contribution in [-0.4, -0.2) is 22.5 Å². The molecule has 1 aromatic carbocycles. The Morgan fingerprint density at radius 3 is 2.76 bits per heavy atom. The lowest BCUT2D eigenvalue weighted by Gasteiger charge is -2.13. The Kier molecular flexibility index (Phi) is 3.84. The van der Waals surface area contributed by atoms with Crippen LogP contribution in [0.25, 0.3) is 0 Å².